The summed E-state index contributed by atoms with van der Waals surface area (Å²) in [6.07, 6.45) is 2.75. The van der Waals surface area contributed by atoms with E-state index in [4.69, 9.17) is 16.3 Å². The van der Waals surface area contributed by atoms with Crippen LogP contribution in [0.3, 0.4) is 0 Å². The van der Waals surface area contributed by atoms with Crippen molar-refractivity contribution in [3.63, 3.8) is 0 Å². The van der Waals surface area contributed by atoms with Crippen molar-refractivity contribution in [2.45, 2.75) is 19.4 Å². The van der Waals surface area contributed by atoms with Crippen LogP contribution in [0.15, 0.2) is 47.4 Å². The molecule has 20 heavy (non-hydrogen) atoms. The smallest absolute Gasteiger partial charge is 0.250 e. The van der Waals surface area contributed by atoms with Crippen molar-refractivity contribution in [1.82, 2.24) is 4.57 Å². The second-order valence-electron chi connectivity index (χ2n) is 4.39. The molecule has 0 spiro atoms. The first-order valence-electron chi connectivity index (χ1n) is 6.39. The SMILES string of the molecule is O=c1ccc(F)cn1CCCCOc1ccc(Cl)cc1. The van der Waals surface area contributed by atoms with E-state index in [1.807, 2.05) is 0 Å². The highest BCUT2D eigenvalue weighted by atomic mass is 35.5. The molecule has 0 aliphatic rings. The zero-order valence-corrected chi connectivity index (χ0v) is 11.6. The van der Waals surface area contributed by atoms with Crippen LogP contribution in [-0.2, 0) is 6.54 Å². The van der Waals surface area contributed by atoms with Gasteiger partial charge < -0.3 is 9.30 Å². The van der Waals surface area contributed by atoms with Gasteiger partial charge >= 0.3 is 0 Å². The lowest BCUT2D eigenvalue weighted by molar-refractivity contribution is 0.302. The first-order chi connectivity index (χ1) is 9.65. The topological polar surface area (TPSA) is 31.2 Å². The van der Waals surface area contributed by atoms with Crippen molar-refractivity contribution in [2.24, 2.45) is 0 Å². The zero-order chi connectivity index (χ0) is 14.4. The van der Waals surface area contributed by atoms with Crippen molar-refractivity contribution >= 4 is 11.6 Å². The Hall–Kier alpha value is -1.81. The van der Waals surface area contributed by atoms with Crippen molar-refractivity contribution in [2.75, 3.05) is 6.61 Å². The number of pyridine rings is 1. The fourth-order valence-electron chi connectivity index (χ4n) is 1.78. The second kappa shape index (κ2) is 7.10. The third kappa shape index (κ3) is 4.38. The molecule has 0 unspecified atom stereocenters. The van der Waals surface area contributed by atoms with E-state index in [0.29, 0.717) is 18.2 Å². The molecule has 106 valence electrons. The molecule has 1 aromatic carbocycles. The molecule has 0 aliphatic heterocycles. The maximum absolute atomic E-state index is 13.0. The van der Waals surface area contributed by atoms with E-state index in [2.05, 4.69) is 0 Å². The fraction of sp³-hybridized carbons (Fsp3) is 0.267. The van der Waals surface area contributed by atoms with Crippen LogP contribution in [0, 0.1) is 5.82 Å². The molecule has 0 amide bonds. The lowest BCUT2D eigenvalue weighted by Crippen LogP contribution is -2.19. The summed E-state index contributed by atoms with van der Waals surface area (Å²) in [7, 11) is 0. The number of halogens is 2. The molecule has 0 bridgehead atoms. The number of hydrogen-bond acceptors (Lipinski definition) is 2. The molecule has 0 radical (unpaired) electrons. The van der Waals surface area contributed by atoms with E-state index in [-0.39, 0.29) is 5.56 Å². The second-order valence-corrected chi connectivity index (χ2v) is 4.82. The molecule has 3 nitrogen and oxygen atoms in total. The Bertz CT molecular complexity index is 610. The number of unbranched alkanes of at least 4 members (excludes halogenated alkanes) is 1. The fourth-order valence-corrected chi connectivity index (χ4v) is 1.91. The first-order valence-corrected chi connectivity index (χ1v) is 6.77. The molecule has 1 heterocycles. The molecule has 0 saturated heterocycles. The maximum Gasteiger partial charge on any atom is 0.250 e. The van der Waals surface area contributed by atoms with Gasteiger partial charge in [-0.1, -0.05) is 11.6 Å². The number of hydrogen-bond donors (Lipinski definition) is 0. The van der Waals surface area contributed by atoms with Crippen molar-refractivity contribution < 1.29 is 9.13 Å². The van der Waals surface area contributed by atoms with Crippen molar-refractivity contribution in [3.05, 3.63) is 63.8 Å². The van der Waals surface area contributed by atoms with Crippen LogP contribution in [0.2, 0.25) is 5.02 Å². The Morgan fingerprint density at radius 1 is 1.10 bits per heavy atom. The van der Waals surface area contributed by atoms with Gasteiger partial charge in [-0.15, -0.1) is 0 Å². The highest BCUT2D eigenvalue weighted by Crippen LogP contribution is 2.15. The molecule has 0 aliphatic carbocycles. The van der Waals surface area contributed by atoms with Gasteiger partial charge in [-0.3, -0.25) is 4.79 Å². The molecule has 2 aromatic rings. The van der Waals surface area contributed by atoms with Crippen LogP contribution in [0.25, 0.3) is 0 Å². The van der Waals surface area contributed by atoms with Gasteiger partial charge in [0.2, 0.25) is 0 Å². The Morgan fingerprint density at radius 3 is 2.60 bits per heavy atom. The predicted molar refractivity (Wildman–Crippen MR) is 76.8 cm³/mol. The molecule has 0 atom stereocenters. The number of nitrogens with zero attached hydrogens (tertiary/aromatic N) is 1. The average Bonchev–Trinajstić information content (AvgIpc) is 2.44. The van der Waals surface area contributed by atoms with Crippen LogP contribution in [-0.4, -0.2) is 11.2 Å². The van der Waals surface area contributed by atoms with E-state index in [9.17, 15) is 9.18 Å². The minimum absolute atomic E-state index is 0.190. The minimum Gasteiger partial charge on any atom is -0.494 e. The molecule has 0 N–H and O–H groups in total. The number of aryl methyl sites for hydroxylation is 1. The highest BCUT2D eigenvalue weighted by molar-refractivity contribution is 6.30. The lowest BCUT2D eigenvalue weighted by Gasteiger charge is -2.07. The van der Waals surface area contributed by atoms with Gasteiger partial charge in [-0.2, -0.15) is 0 Å². The van der Waals surface area contributed by atoms with E-state index in [0.717, 1.165) is 18.6 Å². The summed E-state index contributed by atoms with van der Waals surface area (Å²) in [5.74, 6) is 0.360. The monoisotopic (exact) mass is 295 g/mol. The zero-order valence-electron chi connectivity index (χ0n) is 10.9. The predicted octanol–water partition coefficient (Wildman–Crippen LogP) is 3.50. The molecule has 0 saturated carbocycles. The standard InChI is InChI=1S/C15H15ClFNO2/c16-12-3-6-14(7-4-12)20-10-2-1-9-18-11-13(17)5-8-15(18)19/h3-8,11H,1-2,9-10H2. The largest absolute Gasteiger partial charge is 0.494 e. The Kier molecular flexibility index (Phi) is 5.18. The van der Waals surface area contributed by atoms with Gasteiger partial charge in [0.25, 0.3) is 5.56 Å². The van der Waals surface area contributed by atoms with Crippen LogP contribution in [0.1, 0.15) is 12.8 Å². The van der Waals surface area contributed by atoms with Gasteiger partial charge in [0, 0.05) is 23.8 Å². The summed E-state index contributed by atoms with van der Waals surface area (Å²) in [5.41, 5.74) is -0.190. The lowest BCUT2D eigenvalue weighted by atomic mass is 10.3. The molecule has 1 aromatic heterocycles. The number of aromatic nitrogens is 1. The van der Waals surface area contributed by atoms with E-state index in [1.54, 1.807) is 24.3 Å². The van der Waals surface area contributed by atoms with Crippen LogP contribution >= 0.6 is 11.6 Å². The normalized spacial score (nSPS) is 10.5. The molecule has 2 rings (SSSR count). The Balaban J connectivity index is 1.73. The third-order valence-electron chi connectivity index (χ3n) is 2.82. The molecule has 0 fully saturated rings. The summed E-state index contributed by atoms with van der Waals surface area (Å²) in [6.45, 7) is 1.03. The van der Waals surface area contributed by atoms with Crippen molar-refractivity contribution in [1.29, 1.82) is 0 Å². The highest BCUT2D eigenvalue weighted by Gasteiger charge is 1.99. The van der Waals surface area contributed by atoms with E-state index >= 15 is 0 Å². The van der Waals surface area contributed by atoms with E-state index in [1.165, 1.54) is 22.9 Å². The molecular weight excluding hydrogens is 281 g/mol. The summed E-state index contributed by atoms with van der Waals surface area (Å²) >= 11 is 5.77. The first kappa shape index (κ1) is 14.6. The number of ether oxygens (including phenoxy) is 1. The van der Waals surface area contributed by atoms with Gasteiger partial charge in [0.05, 0.1) is 6.61 Å². The quantitative estimate of drug-likeness (QED) is 0.764. The summed E-state index contributed by atoms with van der Waals surface area (Å²) in [4.78, 5) is 11.4. The number of rotatable bonds is 6. The van der Waals surface area contributed by atoms with Crippen LogP contribution in [0.5, 0.6) is 5.75 Å². The maximum atomic E-state index is 13.0. The molecule has 5 heteroatoms. The van der Waals surface area contributed by atoms with E-state index < -0.39 is 5.82 Å². The Morgan fingerprint density at radius 2 is 1.85 bits per heavy atom. The summed E-state index contributed by atoms with van der Waals surface area (Å²) in [6, 6.07) is 9.55. The Labute approximate surface area is 121 Å². The van der Waals surface area contributed by atoms with Crippen LogP contribution in [0.4, 0.5) is 4.39 Å². The average molecular weight is 296 g/mol. The van der Waals surface area contributed by atoms with Crippen LogP contribution < -0.4 is 10.3 Å². The molecular formula is C15H15ClFNO2. The van der Waals surface area contributed by atoms with Crippen molar-refractivity contribution in [3.8, 4) is 5.75 Å². The summed E-state index contributed by atoms with van der Waals surface area (Å²) < 4.78 is 19.9. The number of benzene rings is 1. The van der Waals surface area contributed by atoms with Gasteiger partial charge in [-0.05, 0) is 43.2 Å². The van der Waals surface area contributed by atoms with Gasteiger partial charge in [-0.25, -0.2) is 4.39 Å². The summed E-state index contributed by atoms with van der Waals surface area (Å²) in [5, 5.41) is 0.669. The van der Waals surface area contributed by atoms with Gasteiger partial charge in [0.1, 0.15) is 11.6 Å². The third-order valence-corrected chi connectivity index (χ3v) is 3.08. The minimum atomic E-state index is -0.401. The van der Waals surface area contributed by atoms with Gasteiger partial charge in [0.15, 0.2) is 0 Å².